The summed E-state index contributed by atoms with van der Waals surface area (Å²) in [7, 11) is 1.88. The van der Waals surface area contributed by atoms with Crippen LogP contribution in [0.15, 0.2) is 23.0 Å². The molecular weight excluding hydrogens is 208 g/mol. The van der Waals surface area contributed by atoms with Gasteiger partial charge in [0.25, 0.3) is 0 Å². The molecule has 0 fully saturated rings. The second-order valence-electron chi connectivity index (χ2n) is 2.42. The van der Waals surface area contributed by atoms with Crippen LogP contribution in [-0.2, 0) is 13.7 Å². The van der Waals surface area contributed by atoms with Crippen molar-refractivity contribution in [1.29, 1.82) is 0 Å². The van der Waals surface area contributed by atoms with Crippen LogP contribution in [0.3, 0.4) is 0 Å². The van der Waals surface area contributed by atoms with E-state index in [2.05, 4.69) is 4.98 Å². The number of thioether (sulfide) groups is 1. The molecule has 0 amide bonds. The van der Waals surface area contributed by atoms with E-state index >= 15 is 0 Å². The molecule has 1 aromatic rings. The Hall–Kier alpha value is -0.450. The molecule has 72 valence electrons. The molecule has 0 radical (unpaired) electrons. The van der Waals surface area contributed by atoms with E-state index in [1.165, 1.54) is 5.54 Å². The summed E-state index contributed by atoms with van der Waals surface area (Å²) in [5.41, 5.74) is 2.31. The maximum Gasteiger partial charge on any atom is 0.168 e. The second kappa shape index (κ2) is 5.32. The lowest BCUT2D eigenvalue weighted by Gasteiger charge is -2.01. The lowest BCUT2D eigenvalue weighted by Crippen LogP contribution is -1.97. The molecule has 0 saturated heterocycles. The predicted octanol–water partition coefficient (Wildman–Crippen LogP) is 1.76. The van der Waals surface area contributed by atoms with Crippen LogP contribution >= 0.6 is 23.4 Å². The first kappa shape index (κ1) is 10.6. The highest BCUT2D eigenvalue weighted by Crippen LogP contribution is 2.17. The monoisotopic (exact) mass is 218 g/mol. The fraction of sp³-hybridized carbons (Fsp3) is 0.375. The van der Waals surface area contributed by atoms with Crippen molar-refractivity contribution in [1.82, 2.24) is 9.55 Å². The molecule has 0 atom stereocenters. The highest BCUT2D eigenvalue weighted by Gasteiger charge is 2.04. The Labute approximate surface area is 86.4 Å². The third-order valence-corrected chi connectivity index (χ3v) is 2.78. The summed E-state index contributed by atoms with van der Waals surface area (Å²) in [6.07, 6.45) is 3.52. The van der Waals surface area contributed by atoms with Crippen molar-refractivity contribution in [2.45, 2.75) is 11.8 Å². The van der Waals surface area contributed by atoms with Gasteiger partial charge in [-0.25, -0.2) is 4.98 Å². The lowest BCUT2D eigenvalue weighted by molar-refractivity contribution is 0.271. The van der Waals surface area contributed by atoms with Crippen LogP contribution in [0.5, 0.6) is 0 Å². The summed E-state index contributed by atoms with van der Waals surface area (Å²) in [5, 5.41) is 9.79. The highest BCUT2D eigenvalue weighted by molar-refractivity contribution is 7.99. The number of hydrogen-bond donors (Lipinski definition) is 1. The van der Waals surface area contributed by atoms with Gasteiger partial charge in [0.2, 0.25) is 0 Å². The van der Waals surface area contributed by atoms with Crippen molar-refractivity contribution < 1.29 is 5.11 Å². The molecule has 0 aliphatic heterocycles. The standard InChI is InChI=1S/C8H11ClN2OS/c1-11-7(6-12)5-10-8(11)13-4-2-3-9/h2-3,5,12H,4,6H2,1H3/b3-2+. The molecule has 0 aliphatic carbocycles. The molecule has 0 aliphatic rings. The average Bonchev–Trinajstić information content (AvgIpc) is 2.48. The number of aliphatic hydroxyl groups excluding tert-OH is 1. The van der Waals surface area contributed by atoms with Gasteiger partial charge < -0.3 is 9.67 Å². The number of halogens is 1. The maximum atomic E-state index is 8.90. The normalized spacial score (nSPS) is 11.3. The fourth-order valence-corrected chi connectivity index (χ4v) is 1.84. The molecular formula is C8H11ClN2OS. The van der Waals surface area contributed by atoms with Crippen molar-refractivity contribution in [3.63, 3.8) is 0 Å². The quantitative estimate of drug-likeness (QED) is 0.783. The third-order valence-electron chi connectivity index (χ3n) is 1.60. The molecule has 1 N–H and O–H groups in total. The second-order valence-corrected chi connectivity index (χ2v) is 3.66. The molecule has 0 saturated carbocycles. The maximum absolute atomic E-state index is 8.90. The number of aromatic nitrogens is 2. The van der Waals surface area contributed by atoms with Gasteiger partial charge in [0, 0.05) is 18.3 Å². The first-order valence-electron chi connectivity index (χ1n) is 3.79. The fourth-order valence-electron chi connectivity index (χ4n) is 0.866. The third kappa shape index (κ3) is 2.76. The molecule has 5 heteroatoms. The minimum Gasteiger partial charge on any atom is -0.390 e. The van der Waals surface area contributed by atoms with Crippen LogP contribution in [-0.4, -0.2) is 20.4 Å². The van der Waals surface area contributed by atoms with Crippen molar-refractivity contribution in [3.8, 4) is 0 Å². The lowest BCUT2D eigenvalue weighted by atomic mass is 10.5. The average molecular weight is 219 g/mol. The molecule has 0 bridgehead atoms. The topological polar surface area (TPSA) is 38.0 Å². The summed E-state index contributed by atoms with van der Waals surface area (Å²) in [6.45, 7) is 0.0232. The van der Waals surface area contributed by atoms with Gasteiger partial charge in [0.15, 0.2) is 5.16 Å². The van der Waals surface area contributed by atoms with Gasteiger partial charge in [0.1, 0.15) is 0 Å². The van der Waals surface area contributed by atoms with Crippen molar-refractivity contribution in [3.05, 3.63) is 23.5 Å². The first-order valence-corrected chi connectivity index (χ1v) is 5.21. The van der Waals surface area contributed by atoms with Crippen molar-refractivity contribution >= 4 is 23.4 Å². The van der Waals surface area contributed by atoms with Gasteiger partial charge in [-0.3, -0.25) is 0 Å². The van der Waals surface area contributed by atoms with Gasteiger partial charge in [-0.05, 0) is 0 Å². The summed E-state index contributed by atoms with van der Waals surface area (Å²) < 4.78 is 1.87. The van der Waals surface area contributed by atoms with Crippen LogP contribution in [0.1, 0.15) is 5.69 Å². The van der Waals surface area contributed by atoms with Crippen LogP contribution in [0.25, 0.3) is 0 Å². The Kier molecular flexibility index (Phi) is 4.35. The smallest absolute Gasteiger partial charge is 0.168 e. The van der Waals surface area contributed by atoms with Gasteiger partial charge in [-0.2, -0.15) is 0 Å². The molecule has 0 spiro atoms. The van der Waals surface area contributed by atoms with Crippen LogP contribution in [0.2, 0.25) is 0 Å². The van der Waals surface area contributed by atoms with E-state index in [1.807, 2.05) is 17.7 Å². The SMILES string of the molecule is Cn1c(CO)cnc1SC/C=C/Cl. The summed E-state index contributed by atoms with van der Waals surface area (Å²) in [6, 6.07) is 0. The molecule has 3 nitrogen and oxygen atoms in total. The zero-order chi connectivity index (χ0) is 9.68. The Morgan fingerprint density at radius 1 is 1.77 bits per heavy atom. The summed E-state index contributed by atoms with van der Waals surface area (Å²) in [5.74, 6) is 0.791. The number of hydrogen-bond acceptors (Lipinski definition) is 3. The van der Waals surface area contributed by atoms with Crippen molar-refractivity contribution in [2.75, 3.05) is 5.75 Å². The number of aliphatic hydroxyl groups is 1. The van der Waals surface area contributed by atoms with E-state index in [4.69, 9.17) is 16.7 Å². The Bertz CT molecular complexity index is 298. The zero-order valence-corrected chi connectivity index (χ0v) is 8.85. The molecule has 1 aromatic heterocycles. The number of rotatable bonds is 4. The number of imidazole rings is 1. The Balaban J connectivity index is 2.61. The number of nitrogens with zero attached hydrogens (tertiary/aromatic N) is 2. The zero-order valence-electron chi connectivity index (χ0n) is 7.27. The molecule has 0 aromatic carbocycles. The Morgan fingerprint density at radius 2 is 2.54 bits per heavy atom. The van der Waals surface area contributed by atoms with E-state index in [-0.39, 0.29) is 6.61 Å². The first-order chi connectivity index (χ1) is 6.29. The van der Waals surface area contributed by atoms with Gasteiger partial charge >= 0.3 is 0 Å². The van der Waals surface area contributed by atoms with Gasteiger partial charge in [0.05, 0.1) is 18.5 Å². The minimum absolute atomic E-state index is 0.0232. The van der Waals surface area contributed by atoms with E-state index in [9.17, 15) is 0 Å². The molecule has 1 heterocycles. The summed E-state index contributed by atoms with van der Waals surface area (Å²) in [4.78, 5) is 4.15. The summed E-state index contributed by atoms with van der Waals surface area (Å²) >= 11 is 6.96. The highest BCUT2D eigenvalue weighted by atomic mass is 35.5. The predicted molar refractivity (Wildman–Crippen MR) is 54.8 cm³/mol. The van der Waals surface area contributed by atoms with E-state index < -0.39 is 0 Å². The molecule has 1 rings (SSSR count). The Morgan fingerprint density at radius 3 is 3.08 bits per heavy atom. The van der Waals surface area contributed by atoms with Crippen molar-refractivity contribution in [2.24, 2.45) is 7.05 Å². The van der Waals surface area contributed by atoms with Crippen LogP contribution in [0, 0.1) is 0 Å². The largest absolute Gasteiger partial charge is 0.390 e. The van der Waals surface area contributed by atoms with E-state index in [0.29, 0.717) is 0 Å². The van der Waals surface area contributed by atoms with Gasteiger partial charge in [-0.1, -0.05) is 29.4 Å². The minimum atomic E-state index is 0.0232. The van der Waals surface area contributed by atoms with Crippen LogP contribution in [0.4, 0.5) is 0 Å². The van der Waals surface area contributed by atoms with Gasteiger partial charge in [-0.15, -0.1) is 0 Å². The molecule has 0 unspecified atom stereocenters. The van der Waals surface area contributed by atoms with E-state index in [1.54, 1.807) is 18.0 Å². The molecule has 13 heavy (non-hydrogen) atoms. The van der Waals surface area contributed by atoms with E-state index in [0.717, 1.165) is 16.6 Å². The van der Waals surface area contributed by atoms with Crippen LogP contribution < -0.4 is 0 Å².